The van der Waals surface area contributed by atoms with E-state index >= 15 is 0 Å². The molecule has 3 heterocycles. The number of aromatic nitrogens is 5. The van der Waals surface area contributed by atoms with E-state index in [-0.39, 0.29) is 5.41 Å². The van der Waals surface area contributed by atoms with Crippen LogP contribution >= 0.6 is 23.2 Å². The van der Waals surface area contributed by atoms with Gasteiger partial charge in [0.05, 0.1) is 16.2 Å². The Morgan fingerprint density at radius 2 is 1.85 bits per heavy atom. The van der Waals surface area contributed by atoms with Crippen LogP contribution in [-0.2, 0) is 12.5 Å². The summed E-state index contributed by atoms with van der Waals surface area (Å²) in [5.41, 5.74) is 4.72. The number of nitrogens with one attached hydrogen (secondary N) is 1. The van der Waals surface area contributed by atoms with Gasteiger partial charge in [-0.25, -0.2) is 9.97 Å². The van der Waals surface area contributed by atoms with Crippen LogP contribution in [0.4, 0.5) is 0 Å². The lowest BCUT2D eigenvalue weighted by molar-refractivity contribution is 0.553. The molecule has 0 atom stereocenters. The standard InChI is InChI=1S/C20H19Cl2N5/c1-20(2,3)17-15(22)16(27(4)26-17)19-24-14-9-11(10-23-18(14)25-19)12-7-5-6-8-13(12)21/h5-10H,1-4H3,(H,23,24,25). The van der Waals surface area contributed by atoms with Gasteiger partial charge in [-0.2, -0.15) is 5.10 Å². The van der Waals surface area contributed by atoms with Crippen LogP contribution in [0.25, 0.3) is 33.8 Å². The van der Waals surface area contributed by atoms with Crippen molar-refractivity contribution in [2.24, 2.45) is 7.05 Å². The Kier molecular flexibility index (Phi) is 4.24. The van der Waals surface area contributed by atoms with Gasteiger partial charge < -0.3 is 4.98 Å². The van der Waals surface area contributed by atoms with E-state index in [2.05, 4.69) is 40.8 Å². The summed E-state index contributed by atoms with van der Waals surface area (Å²) in [6.45, 7) is 6.25. The van der Waals surface area contributed by atoms with Crippen molar-refractivity contribution in [1.82, 2.24) is 24.7 Å². The average Bonchev–Trinajstić information content (AvgIpc) is 3.14. The zero-order chi connectivity index (χ0) is 19.3. The first kappa shape index (κ1) is 18.0. The van der Waals surface area contributed by atoms with Gasteiger partial charge in [0, 0.05) is 34.8 Å². The molecular formula is C20H19Cl2N5. The molecule has 4 rings (SSSR count). The molecule has 0 amide bonds. The average molecular weight is 400 g/mol. The van der Waals surface area contributed by atoms with E-state index in [1.54, 1.807) is 10.9 Å². The summed E-state index contributed by atoms with van der Waals surface area (Å²) in [6.07, 6.45) is 1.78. The molecular weight excluding hydrogens is 381 g/mol. The highest BCUT2D eigenvalue weighted by Crippen LogP contribution is 2.36. The minimum Gasteiger partial charge on any atom is -0.335 e. The van der Waals surface area contributed by atoms with Gasteiger partial charge in [0.1, 0.15) is 5.69 Å². The third-order valence-corrected chi connectivity index (χ3v) is 5.13. The molecule has 0 aliphatic heterocycles. The third kappa shape index (κ3) is 3.11. The van der Waals surface area contributed by atoms with Crippen molar-refractivity contribution >= 4 is 34.4 Å². The molecule has 1 N–H and O–H groups in total. The van der Waals surface area contributed by atoms with Gasteiger partial charge in [0.25, 0.3) is 0 Å². The molecule has 4 aromatic rings. The Morgan fingerprint density at radius 1 is 1.11 bits per heavy atom. The number of nitrogens with zero attached hydrogens (tertiary/aromatic N) is 4. The zero-order valence-electron chi connectivity index (χ0n) is 15.5. The lowest BCUT2D eigenvalue weighted by Gasteiger charge is -2.15. The van der Waals surface area contributed by atoms with Crippen molar-refractivity contribution in [1.29, 1.82) is 0 Å². The summed E-state index contributed by atoms with van der Waals surface area (Å²) in [4.78, 5) is 12.4. The Bertz CT molecular complexity index is 1150. The van der Waals surface area contributed by atoms with Crippen molar-refractivity contribution in [3.8, 4) is 22.6 Å². The Hall–Kier alpha value is -2.37. The van der Waals surface area contributed by atoms with Crippen molar-refractivity contribution in [3.63, 3.8) is 0 Å². The molecule has 0 radical (unpaired) electrons. The van der Waals surface area contributed by atoms with E-state index in [0.29, 0.717) is 21.5 Å². The van der Waals surface area contributed by atoms with Crippen LogP contribution in [0.15, 0.2) is 36.5 Å². The monoisotopic (exact) mass is 399 g/mol. The number of aryl methyl sites for hydroxylation is 1. The first-order chi connectivity index (χ1) is 12.8. The van der Waals surface area contributed by atoms with Crippen LogP contribution in [0, 0.1) is 0 Å². The van der Waals surface area contributed by atoms with Gasteiger partial charge in [-0.15, -0.1) is 0 Å². The summed E-state index contributed by atoms with van der Waals surface area (Å²) in [7, 11) is 1.87. The topological polar surface area (TPSA) is 59.4 Å². The molecule has 0 aliphatic rings. The number of rotatable bonds is 2. The van der Waals surface area contributed by atoms with E-state index in [1.165, 1.54) is 0 Å². The third-order valence-electron chi connectivity index (χ3n) is 4.45. The van der Waals surface area contributed by atoms with Crippen LogP contribution < -0.4 is 0 Å². The highest BCUT2D eigenvalue weighted by atomic mass is 35.5. The number of pyridine rings is 1. The molecule has 5 nitrogen and oxygen atoms in total. The van der Waals surface area contributed by atoms with Crippen molar-refractivity contribution in [3.05, 3.63) is 52.3 Å². The zero-order valence-corrected chi connectivity index (χ0v) is 17.0. The molecule has 0 fully saturated rings. The Morgan fingerprint density at radius 3 is 2.52 bits per heavy atom. The van der Waals surface area contributed by atoms with E-state index in [1.807, 2.05) is 37.4 Å². The molecule has 0 saturated heterocycles. The van der Waals surface area contributed by atoms with Gasteiger partial charge in [-0.3, -0.25) is 4.68 Å². The minimum atomic E-state index is -0.158. The second kappa shape index (κ2) is 6.36. The molecule has 0 spiro atoms. The van der Waals surface area contributed by atoms with Gasteiger partial charge >= 0.3 is 0 Å². The van der Waals surface area contributed by atoms with Crippen LogP contribution in [0.5, 0.6) is 0 Å². The number of halogens is 2. The molecule has 1 aromatic carbocycles. The van der Waals surface area contributed by atoms with Gasteiger partial charge in [0.2, 0.25) is 0 Å². The molecule has 27 heavy (non-hydrogen) atoms. The van der Waals surface area contributed by atoms with Crippen molar-refractivity contribution in [2.75, 3.05) is 0 Å². The second-order valence-corrected chi connectivity index (χ2v) is 8.33. The largest absolute Gasteiger partial charge is 0.335 e. The van der Waals surface area contributed by atoms with Crippen LogP contribution in [-0.4, -0.2) is 24.7 Å². The first-order valence-corrected chi connectivity index (χ1v) is 9.35. The van der Waals surface area contributed by atoms with Crippen molar-refractivity contribution in [2.45, 2.75) is 26.2 Å². The van der Waals surface area contributed by atoms with E-state index in [9.17, 15) is 0 Å². The smallest absolute Gasteiger partial charge is 0.178 e. The SMILES string of the molecule is Cn1nc(C(C)(C)C)c(Cl)c1-c1nc2ncc(-c3ccccc3Cl)cc2[nH]1. The Balaban J connectivity index is 1.84. The second-order valence-electron chi connectivity index (χ2n) is 7.55. The number of hydrogen-bond acceptors (Lipinski definition) is 3. The van der Waals surface area contributed by atoms with Gasteiger partial charge in [0.15, 0.2) is 11.5 Å². The fourth-order valence-corrected chi connectivity index (χ4v) is 3.87. The summed E-state index contributed by atoms with van der Waals surface area (Å²) in [5, 5.41) is 5.88. The number of aromatic amines is 1. The van der Waals surface area contributed by atoms with Crippen LogP contribution in [0.1, 0.15) is 26.5 Å². The molecule has 138 valence electrons. The maximum atomic E-state index is 6.64. The number of fused-ring (bicyclic) bond motifs is 1. The summed E-state index contributed by atoms with van der Waals surface area (Å²) < 4.78 is 1.76. The molecule has 0 saturated carbocycles. The molecule has 3 aromatic heterocycles. The maximum absolute atomic E-state index is 6.64. The number of benzene rings is 1. The minimum absolute atomic E-state index is 0.158. The molecule has 7 heteroatoms. The van der Waals surface area contributed by atoms with E-state index in [4.69, 9.17) is 23.2 Å². The van der Waals surface area contributed by atoms with E-state index < -0.39 is 0 Å². The van der Waals surface area contributed by atoms with Crippen LogP contribution in [0.3, 0.4) is 0 Å². The highest BCUT2D eigenvalue weighted by molar-refractivity contribution is 6.34. The van der Waals surface area contributed by atoms with Gasteiger partial charge in [-0.1, -0.05) is 62.2 Å². The summed E-state index contributed by atoms with van der Waals surface area (Å²) >= 11 is 13.0. The summed E-state index contributed by atoms with van der Waals surface area (Å²) in [5.74, 6) is 0.643. The highest BCUT2D eigenvalue weighted by Gasteiger charge is 2.27. The van der Waals surface area contributed by atoms with Gasteiger partial charge in [-0.05, 0) is 12.1 Å². The lowest BCUT2D eigenvalue weighted by Crippen LogP contribution is -2.12. The van der Waals surface area contributed by atoms with Crippen LogP contribution in [0.2, 0.25) is 10.0 Å². The predicted octanol–water partition coefficient (Wildman–Crippen LogP) is 5.63. The number of imidazole rings is 1. The number of hydrogen-bond donors (Lipinski definition) is 1. The molecule has 0 aliphatic carbocycles. The fourth-order valence-electron chi connectivity index (χ4n) is 3.09. The summed E-state index contributed by atoms with van der Waals surface area (Å²) in [6, 6.07) is 9.69. The maximum Gasteiger partial charge on any atom is 0.178 e. The first-order valence-electron chi connectivity index (χ1n) is 8.59. The van der Waals surface area contributed by atoms with Crippen molar-refractivity contribution < 1.29 is 0 Å². The normalized spacial score (nSPS) is 12.1. The molecule has 0 unspecified atom stereocenters. The lowest BCUT2D eigenvalue weighted by atomic mass is 9.92. The fraction of sp³-hybridized carbons (Fsp3) is 0.250. The quantitative estimate of drug-likeness (QED) is 0.474. The predicted molar refractivity (Wildman–Crippen MR) is 110 cm³/mol. The van der Waals surface area contributed by atoms with E-state index in [0.717, 1.165) is 28.0 Å². The Labute approximate surface area is 167 Å². The number of H-pyrrole nitrogens is 1. The molecule has 0 bridgehead atoms.